The lowest BCUT2D eigenvalue weighted by atomic mass is 9.97. The van der Waals surface area contributed by atoms with Gasteiger partial charge >= 0.3 is 12.4 Å². The molecule has 2 aliphatic rings. The van der Waals surface area contributed by atoms with Gasteiger partial charge in [0.05, 0.1) is 24.3 Å². The quantitative estimate of drug-likeness (QED) is 0.240. The molecule has 43 heavy (non-hydrogen) atoms. The third kappa shape index (κ3) is 7.95. The fourth-order valence-corrected chi connectivity index (χ4v) is 5.64. The molecule has 5 rings (SSSR count). The molecule has 0 saturated carbocycles. The van der Waals surface area contributed by atoms with Gasteiger partial charge in [-0.25, -0.2) is 0 Å². The van der Waals surface area contributed by atoms with Crippen LogP contribution >= 0.6 is 0 Å². The summed E-state index contributed by atoms with van der Waals surface area (Å²) >= 11 is 0. The number of halogens is 6. The summed E-state index contributed by atoms with van der Waals surface area (Å²) in [5, 5.41) is 2.04. The number of carbonyl (C=O) groups is 1. The van der Waals surface area contributed by atoms with Crippen LogP contribution in [0.1, 0.15) is 27.0 Å². The van der Waals surface area contributed by atoms with Crippen molar-refractivity contribution in [1.82, 2.24) is 14.7 Å². The van der Waals surface area contributed by atoms with E-state index in [9.17, 15) is 31.1 Å². The largest absolute Gasteiger partial charge is 0.416 e. The molecule has 1 amide bonds. The lowest BCUT2D eigenvalue weighted by Crippen LogP contribution is -2.56. The molecule has 11 heteroatoms. The molecule has 3 aromatic carbocycles. The summed E-state index contributed by atoms with van der Waals surface area (Å²) in [6.07, 6.45) is -5.53. The molecule has 0 aromatic heterocycles. The number of carbonyl (C=O) groups excluding carboxylic acids is 1. The first-order valence-corrected chi connectivity index (χ1v) is 14.2. The first kappa shape index (κ1) is 31.0. The van der Waals surface area contributed by atoms with Crippen molar-refractivity contribution in [3.63, 3.8) is 0 Å². The molecule has 3 aromatic rings. The van der Waals surface area contributed by atoms with E-state index < -0.39 is 41.0 Å². The van der Waals surface area contributed by atoms with Gasteiger partial charge in [0.15, 0.2) is 0 Å². The minimum absolute atomic E-state index is 0.0462. The topological polar surface area (TPSA) is 36.0 Å². The van der Waals surface area contributed by atoms with Gasteiger partial charge in [0, 0.05) is 57.4 Å². The predicted octanol–water partition coefficient (Wildman–Crippen LogP) is 6.13. The average Bonchev–Trinajstić information content (AvgIpc) is 2.98. The molecule has 0 spiro atoms. The Kier molecular flexibility index (Phi) is 9.43. The van der Waals surface area contributed by atoms with Crippen LogP contribution < -0.4 is 0 Å². The van der Waals surface area contributed by atoms with Gasteiger partial charge in [0.2, 0.25) is 0 Å². The second kappa shape index (κ2) is 13.1. The van der Waals surface area contributed by atoms with Crippen LogP contribution in [0.15, 0.2) is 72.8 Å². The SMILES string of the molecule is O=C(c1cc(C(F)(F)F)cc(C(F)(F)F)c1)N1CCN(C/C=C/CN2CCOCC2)C[C@H]1Cc1ccc2ccccc2c1. The van der Waals surface area contributed by atoms with E-state index in [1.165, 1.54) is 4.90 Å². The molecule has 0 aliphatic carbocycles. The van der Waals surface area contributed by atoms with Crippen molar-refractivity contribution in [3.8, 4) is 0 Å². The van der Waals surface area contributed by atoms with E-state index in [4.69, 9.17) is 4.74 Å². The number of hydrogen-bond donors (Lipinski definition) is 0. The summed E-state index contributed by atoms with van der Waals surface area (Å²) in [6, 6.07) is 14.3. The fourth-order valence-electron chi connectivity index (χ4n) is 5.64. The van der Waals surface area contributed by atoms with E-state index in [2.05, 4.69) is 22.0 Å². The molecular formula is C32H33F6N3O2. The Balaban J connectivity index is 1.38. The summed E-state index contributed by atoms with van der Waals surface area (Å²) in [4.78, 5) is 19.5. The fraction of sp³-hybridized carbons (Fsp3) is 0.406. The summed E-state index contributed by atoms with van der Waals surface area (Å²) in [6.45, 7) is 5.58. The Labute approximate surface area is 246 Å². The predicted molar refractivity (Wildman–Crippen MR) is 152 cm³/mol. The highest BCUT2D eigenvalue weighted by atomic mass is 19.4. The van der Waals surface area contributed by atoms with E-state index in [1.54, 1.807) is 0 Å². The average molecular weight is 606 g/mol. The Bertz CT molecular complexity index is 1420. The van der Waals surface area contributed by atoms with Crippen molar-refractivity contribution >= 4 is 16.7 Å². The maximum Gasteiger partial charge on any atom is 0.416 e. The number of amides is 1. The van der Waals surface area contributed by atoms with Gasteiger partial charge in [-0.05, 0) is 41.0 Å². The molecule has 0 N–H and O–H groups in total. The van der Waals surface area contributed by atoms with Crippen molar-refractivity contribution in [2.24, 2.45) is 0 Å². The van der Waals surface area contributed by atoms with Gasteiger partial charge in [0.1, 0.15) is 0 Å². The zero-order chi connectivity index (χ0) is 30.6. The molecular weight excluding hydrogens is 572 g/mol. The number of benzene rings is 3. The van der Waals surface area contributed by atoms with Gasteiger partial charge < -0.3 is 9.64 Å². The van der Waals surface area contributed by atoms with Gasteiger partial charge in [-0.2, -0.15) is 26.3 Å². The molecule has 0 radical (unpaired) electrons. The van der Waals surface area contributed by atoms with Crippen molar-refractivity contribution in [2.45, 2.75) is 24.8 Å². The second-order valence-electron chi connectivity index (χ2n) is 11.0. The summed E-state index contributed by atoms with van der Waals surface area (Å²) in [5.41, 5.74) is -2.70. The number of alkyl halides is 6. The summed E-state index contributed by atoms with van der Waals surface area (Å²) < 4.78 is 86.6. The molecule has 230 valence electrons. The van der Waals surface area contributed by atoms with Crippen molar-refractivity contribution in [2.75, 3.05) is 59.0 Å². The minimum Gasteiger partial charge on any atom is -0.379 e. The third-order valence-electron chi connectivity index (χ3n) is 7.95. The molecule has 2 saturated heterocycles. The Morgan fingerprint density at radius 1 is 0.767 bits per heavy atom. The van der Waals surface area contributed by atoms with E-state index in [0.717, 1.165) is 36.0 Å². The zero-order valence-electron chi connectivity index (χ0n) is 23.5. The summed E-state index contributed by atoms with van der Waals surface area (Å²) in [7, 11) is 0. The van der Waals surface area contributed by atoms with Gasteiger partial charge in [-0.3, -0.25) is 14.6 Å². The lowest BCUT2D eigenvalue weighted by molar-refractivity contribution is -0.143. The van der Waals surface area contributed by atoms with Crippen LogP contribution in [0.25, 0.3) is 10.8 Å². The van der Waals surface area contributed by atoms with Crippen LogP contribution in [-0.4, -0.2) is 85.7 Å². The number of nitrogens with zero attached hydrogens (tertiary/aromatic N) is 3. The summed E-state index contributed by atoms with van der Waals surface area (Å²) in [5.74, 6) is -0.843. The van der Waals surface area contributed by atoms with Crippen LogP contribution in [0.2, 0.25) is 0 Å². The maximum atomic E-state index is 13.7. The molecule has 1 atom stereocenters. The van der Waals surface area contributed by atoms with Crippen LogP contribution in [0.4, 0.5) is 26.3 Å². The van der Waals surface area contributed by atoms with Gasteiger partial charge in [-0.1, -0.05) is 54.6 Å². The van der Waals surface area contributed by atoms with Crippen molar-refractivity contribution in [3.05, 3.63) is 95.1 Å². The highest BCUT2D eigenvalue weighted by molar-refractivity contribution is 5.95. The molecule has 0 unspecified atom stereocenters. The molecule has 2 fully saturated rings. The highest BCUT2D eigenvalue weighted by Crippen LogP contribution is 2.37. The number of fused-ring (bicyclic) bond motifs is 1. The molecule has 5 nitrogen and oxygen atoms in total. The first-order chi connectivity index (χ1) is 20.5. The van der Waals surface area contributed by atoms with E-state index in [-0.39, 0.29) is 12.6 Å². The smallest absolute Gasteiger partial charge is 0.379 e. The van der Waals surface area contributed by atoms with Crippen LogP contribution in [-0.2, 0) is 23.5 Å². The van der Waals surface area contributed by atoms with E-state index in [1.807, 2.05) is 42.5 Å². The van der Waals surface area contributed by atoms with Crippen LogP contribution in [0.5, 0.6) is 0 Å². The number of morpholine rings is 1. The monoisotopic (exact) mass is 605 g/mol. The number of piperazine rings is 1. The van der Waals surface area contributed by atoms with Gasteiger partial charge in [-0.15, -0.1) is 0 Å². The molecule has 2 aliphatic heterocycles. The normalized spacial score (nSPS) is 19.4. The van der Waals surface area contributed by atoms with Crippen molar-refractivity contribution in [1.29, 1.82) is 0 Å². The highest BCUT2D eigenvalue weighted by Gasteiger charge is 2.39. The van der Waals surface area contributed by atoms with Crippen LogP contribution in [0, 0.1) is 0 Å². The Morgan fingerprint density at radius 3 is 2.05 bits per heavy atom. The Morgan fingerprint density at radius 2 is 1.40 bits per heavy atom. The van der Waals surface area contributed by atoms with E-state index in [0.29, 0.717) is 51.4 Å². The second-order valence-corrected chi connectivity index (χ2v) is 11.0. The first-order valence-electron chi connectivity index (χ1n) is 14.2. The molecule has 0 bridgehead atoms. The number of hydrogen-bond acceptors (Lipinski definition) is 4. The lowest BCUT2D eigenvalue weighted by Gasteiger charge is -2.41. The number of ether oxygens (including phenoxy) is 1. The maximum absolute atomic E-state index is 13.7. The minimum atomic E-state index is -5.03. The number of rotatable bonds is 7. The van der Waals surface area contributed by atoms with Crippen molar-refractivity contribution < 1.29 is 35.9 Å². The van der Waals surface area contributed by atoms with Crippen LogP contribution in [0.3, 0.4) is 0 Å². The van der Waals surface area contributed by atoms with E-state index >= 15 is 0 Å². The molecule has 2 heterocycles. The Hall–Kier alpha value is -3.41. The third-order valence-corrected chi connectivity index (χ3v) is 7.95. The van der Waals surface area contributed by atoms with Gasteiger partial charge in [0.25, 0.3) is 5.91 Å². The zero-order valence-corrected chi connectivity index (χ0v) is 23.5. The standard InChI is InChI=1S/C32H33F6N3O2/c33-31(34,35)27-19-26(20-28(21-27)32(36,37)38)30(42)41-12-11-40(10-4-3-9-39-13-15-43-16-14-39)22-29(41)18-23-7-8-24-5-1-2-6-25(24)17-23/h1-8,17,19-21,29H,9-16,18,22H2/b4-3+/t29-/m1/s1.